The van der Waals surface area contributed by atoms with Crippen LogP contribution in [0.5, 0.6) is 0 Å². The number of carboxylic acids is 1. The first-order valence-corrected chi connectivity index (χ1v) is 5.77. The van der Waals surface area contributed by atoms with Gasteiger partial charge in [0.25, 0.3) is 0 Å². The molecule has 3 N–H and O–H groups in total. The van der Waals surface area contributed by atoms with Crippen LogP contribution >= 0.6 is 0 Å². The smallest absolute Gasteiger partial charge is 0.319 e. The molecule has 0 saturated carbocycles. The fraction of sp³-hybridized carbons (Fsp3) is 0.385. The van der Waals surface area contributed by atoms with Crippen LogP contribution in [-0.4, -0.2) is 23.7 Å². The molecule has 0 radical (unpaired) electrons. The largest absolute Gasteiger partial charge is 0.481 e. The van der Waals surface area contributed by atoms with Crippen LogP contribution in [0.2, 0.25) is 0 Å². The lowest BCUT2D eigenvalue weighted by molar-refractivity contribution is -0.146. The Morgan fingerprint density at radius 3 is 2.53 bits per heavy atom. The number of aryl methyl sites for hydroxylation is 1. The number of carbonyl (C=O) groups excluding carboxylic acids is 1. The number of anilines is 1. The lowest BCUT2D eigenvalue weighted by Crippen LogP contribution is -2.40. The van der Waals surface area contributed by atoms with Crippen molar-refractivity contribution in [1.29, 1.82) is 0 Å². The Balaban J connectivity index is 2.56. The van der Waals surface area contributed by atoms with E-state index in [-0.39, 0.29) is 6.54 Å². The first-order valence-electron chi connectivity index (χ1n) is 5.77. The molecule has 1 aromatic carbocycles. The molecule has 104 valence electrons. The number of benzene rings is 1. The van der Waals surface area contributed by atoms with Gasteiger partial charge in [0.05, 0.1) is 5.41 Å². The highest BCUT2D eigenvalue weighted by atomic mass is 19.1. The Morgan fingerprint density at radius 1 is 1.37 bits per heavy atom. The van der Waals surface area contributed by atoms with Crippen molar-refractivity contribution in [2.45, 2.75) is 20.8 Å². The van der Waals surface area contributed by atoms with Crippen molar-refractivity contribution in [1.82, 2.24) is 5.32 Å². The standard InChI is InChI=1S/C13H17FN2O3/c1-8-4-5-9(6-10(8)14)16-12(19)15-7-13(2,3)11(17)18/h4-6H,7H2,1-3H3,(H,17,18)(H2,15,16,19). The van der Waals surface area contributed by atoms with Crippen molar-refractivity contribution in [3.8, 4) is 0 Å². The zero-order chi connectivity index (χ0) is 14.6. The summed E-state index contributed by atoms with van der Waals surface area (Å²) in [6.45, 7) is 4.60. The fourth-order valence-electron chi connectivity index (χ4n) is 1.22. The zero-order valence-electron chi connectivity index (χ0n) is 11.1. The van der Waals surface area contributed by atoms with Crippen LogP contribution in [0.4, 0.5) is 14.9 Å². The van der Waals surface area contributed by atoms with Gasteiger partial charge in [0.15, 0.2) is 0 Å². The molecule has 0 aliphatic heterocycles. The van der Waals surface area contributed by atoms with E-state index in [1.54, 1.807) is 19.1 Å². The summed E-state index contributed by atoms with van der Waals surface area (Å²) in [7, 11) is 0. The van der Waals surface area contributed by atoms with E-state index in [0.29, 0.717) is 11.3 Å². The van der Waals surface area contributed by atoms with E-state index in [4.69, 9.17) is 5.11 Å². The van der Waals surface area contributed by atoms with E-state index in [1.807, 2.05) is 0 Å². The van der Waals surface area contributed by atoms with Gasteiger partial charge >= 0.3 is 12.0 Å². The highest BCUT2D eigenvalue weighted by Crippen LogP contribution is 2.15. The quantitative estimate of drug-likeness (QED) is 0.784. The molecule has 0 aliphatic rings. The van der Waals surface area contributed by atoms with Crippen molar-refractivity contribution in [2.75, 3.05) is 11.9 Å². The van der Waals surface area contributed by atoms with E-state index < -0.39 is 23.2 Å². The third-order valence-electron chi connectivity index (χ3n) is 2.70. The summed E-state index contributed by atoms with van der Waals surface area (Å²) in [6, 6.07) is 3.75. The summed E-state index contributed by atoms with van der Waals surface area (Å²) in [6.07, 6.45) is 0. The topological polar surface area (TPSA) is 78.4 Å². The molecule has 0 unspecified atom stereocenters. The lowest BCUT2D eigenvalue weighted by atomic mass is 9.94. The van der Waals surface area contributed by atoms with Crippen LogP contribution < -0.4 is 10.6 Å². The van der Waals surface area contributed by atoms with E-state index in [9.17, 15) is 14.0 Å². The third-order valence-corrected chi connectivity index (χ3v) is 2.70. The van der Waals surface area contributed by atoms with E-state index in [0.717, 1.165) is 0 Å². The second kappa shape index (κ2) is 5.69. The van der Waals surface area contributed by atoms with Gasteiger partial charge in [-0.05, 0) is 38.5 Å². The van der Waals surface area contributed by atoms with Gasteiger partial charge in [-0.3, -0.25) is 4.79 Å². The number of aliphatic carboxylic acids is 1. The summed E-state index contributed by atoms with van der Waals surface area (Å²) in [4.78, 5) is 22.4. The molecule has 0 spiro atoms. The van der Waals surface area contributed by atoms with Crippen LogP contribution in [0.1, 0.15) is 19.4 Å². The Bertz CT molecular complexity index is 501. The first kappa shape index (κ1) is 14.9. The second-order valence-electron chi connectivity index (χ2n) is 4.96. The average molecular weight is 268 g/mol. The van der Waals surface area contributed by atoms with Crippen LogP contribution in [0.25, 0.3) is 0 Å². The number of hydrogen-bond acceptors (Lipinski definition) is 2. The Kier molecular flexibility index (Phi) is 4.47. The second-order valence-corrected chi connectivity index (χ2v) is 4.96. The molecule has 0 fully saturated rings. The number of urea groups is 1. The molecule has 5 nitrogen and oxygen atoms in total. The van der Waals surface area contributed by atoms with Gasteiger partial charge < -0.3 is 15.7 Å². The average Bonchev–Trinajstić information content (AvgIpc) is 2.31. The highest BCUT2D eigenvalue weighted by Gasteiger charge is 2.27. The number of rotatable bonds is 4. The lowest BCUT2D eigenvalue weighted by Gasteiger charge is -2.19. The SMILES string of the molecule is Cc1ccc(NC(=O)NCC(C)(C)C(=O)O)cc1F. The van der Waals surface area contributed by atoms with Crippen molar-refractivity contribution in [2.24, 2.45) is 5.41 Å². The number of amides is 2. The van der Waals surface area contributed by atoms with Crippen LogP contribution in [0.15, 0.2) is 18.2 Å². The minimum Gasteiger partial charge on any atom is -0.481 e. The Labute approximate surface area is 110 Å². The van der Waals surface area contributed by atoms with Gasteiger partial charge in [-0.2, -0.15) is 0 Å². The first-order chi connectivity index (χ1) is 8.72. The fourth-order valence-corrected chi connectivity index (χ4v) is 1.22. The normalized spacial score (nSPS) is 10.9. The molecule has 0 aliphatic carbocycles. The van der Waals surface area contributed by atoms with Gasteiger partial charge in [0, 0.05) is 12.2 Å². The number of carboxylic acid groups (broad SMARTS) is 1. The Hall–Kier alpha value is -2.11. The maximum atomic E-state index is 13.3. The van der Waals surface area contributed by atoms with Gasteiger partial charge in [-0.25, -0.2) is 9.18 Å². The summed E-state index contributed by atoms with van der Waals surface area (Å²) < 4.78 is 13.3. The molecule has 19 heavy (non-hydrogen) atoms. The van der Waals surface area contributed by atoms with Gasteiger partial charge in [0.2, 0.25) is 0 Å². The summed E-state index contributed by atoms with van der Waals surface area (Å²) >= 11 is 0. The van der Waals surface area contributed by atoms with E-state index in [2.05, 4.69) is 10.6 Å². The molecule has 0 saturated heterocycles. The maximum absolute atomic E-state index is 13.3. The Morgan fingerprint density at radius 2 is 2.00 bits per heavy atom. The maximum Gasteiger partial charge on any atom is 0.319 e. The minimum absolute atomic E-state index is 0.0253. The summed E-state index contributed by atoms with van der Waals surface area (Å²) in [5.74, 6) is -1.42. The number of halogens is 1. The van der Waals surface area contributed by atoms with E-state index in [1.165, 1.54) is 19.9 Å². The minimum atomic E-state index is -1.06. The predicted octanol–water partition coefficient (Wildman–Crippen LogP) is 2.37. The van der Waals surface area contributed by atoms with Crippen LogP contribution in [-0.2, 0) is 4.79 Å². The molecule has 0 bridgehead atoms. The van der Waals surface area contributed by atoms with Crippen molar-refractivity contribution in [3.63, 3.8) is 0 Å². The van der Waals surface area contributed by atoms with Crippen molar-refractivity contribution >= 4 is 17.7 Å². The highest BCUT2D eigenvalue weighted by molar-refractivity contribution is 5.89. The molecular formula is C13H17FN2O3. The van der Waals surface area contributed by atoms with Crippen LogP contribution in [0, 0.1) is 18.2 Å². The third kappa shape index (κ3) is 4.24. The zero-order valence-corrected chi connectivity index (χ0v) is 11.1. The number of carbonyl (C=O) groups is 2. The van der Waals surface area contributed by atoms with Gasteiger partial charge in [-0.1, -0.05) is 6.07 Å². The van der Waals surface area contributed by atoms with Crippen molar-refractivity contribution < 1.29 is 19.1 Å². The molecule has 1 aromatic rings. The summed E-state index contributed by atoms with van der Waals surface area (Å²) in [5, 5.41) is 13.8. The van der Waals surface area contributed by atoms with Gasteiger partial charge in [0.1, 0.15) is 5.82 Å². The summed E-state index contributed by atoms with van der Waals surface area (Å²) in [5.41, 5.74) is -0.262. The molecule has 0 aromatic heterocycles. The van der Waals surface area contributed by atoms with Gasteiger partial charge in [-0.15, -0.1) is 0 Å². The number of nitrogens with one attached hydrogen (secondary N) is 2. The van der Waals surface area contributed by atoms with Crippen LogP contribution in [0.3, 0.4) is 0 Å². The van der Waals surface area contributed by atoms with E-state index >= 15 is 0 Å². The molecule has 1 rings (SSSR count). The van der Waals surface area contributed by atoms with Crippen molar-refractivity contribution in [3.05, 3.63) is 29.6 Å². The molecular weight excluding hydrogens is 251 g/mol. The molecule has 0 atom stereocenters. The molecule has 0 heterocycles. The molecule has 2 amide bonds. The number of hydrogen-bond donors (Lipinski definition) is 3. The monoisotopic (exact) mass is 268 g/mol. The molecule has 6 heteroatoms. The predicted molar refractivity (Wildman–Crippen MR) is 69.6 cm³/mol.